The van der Waals surface area contributed by atoms with Crippen LogP contribution in [0.3, 0.4) is 0 Å². The minimum atomic E-state index is -0.00657. The average Bonchev–Trinajstić information content (AvgIpc) is 3.29. The van der Waals surface area contributed by atoms with Gasteiger partial charge in [0.2, 0.25) is 5.91 Å². The summed E-state index contributed by atoms with van der Waals surface area (Å²) in [7, 11) is 0. The molecule has 2 unspecified atom stereocenters. The van der Waals surface area contributed by atoms with E-state index in [1.807, 2.05) is 25.1 Å². The van der Waals surface area contributed by atoms with Gasteiger partial charge in [-0.2, -0.15) is 0 Å². The van der Waals surface area contributed by atoms with Crippen LogP contribution < -0.4 is 10.5 Å². The smallest absolute Gasteiger partial charge is 0.223 e. The van der Waals surface area contributed by atoms with Crippen LogP contribution in [0.2, 0.25) is 0 Å². The van der Waals surface area contributed by atoms with E-state index >= 15 is 0 Å². The van der Waals surface area contributed by atoms with Crippen molar-refractivity contribution in [3.63, 3.8) is 0 Å². The Morgan fingerprint density at radius 2 is 2.14 bits per heavy atom. The summed E-state index contributed by atoms with van der Waals surface area (Å²) in [5.74, 6) is 1.12. The molecule has 1 aliphatic carbocycles. The maximum Gasteiger partial charge on any atom is 0.223 e. The number of ether oxygens (including phenoxy) is 1. The molecule has 1 aromatic rings. The lowest BCUT2D eigenvalue weighted by molar-refractivity contribution is -0.133. The van der Waals surface area contributed by atoms with Crippen molar-refractivity contribution in [3.05, 3.63) is 29.8 Å². The number of nitrogens with two attached hydrogens (primary N) is 1. The molecule has 2 aliphatic rings. The van der Waals surface area contributed by atoms with E-state index < -0.39 is 0 Å². The molecular formula is C17H24N2O2. The maximum atomic E-state index is 12.5. The molecule has 114 valence electrons. The minimum absolute atomic E-state index is 0.00657. The number of rotatable bonds is 4. The zero-order valence-corrected chi connectivity index (χ0v) is 12.6. The van der Waals surface area contributed by atoms with Crippen LogP contribution in [0.4, 0.5) is 0 Å². The average molecular weight is 288 g/mol. The predicted molar refractivity (Wildman–Crippen MR) is 82.0 cm³/mol. The van der Waals surface area contributed by atoms with Gasteiger partial charge in [-0.1, -0.05) is 12.1 Å². The number of likely N-dealkylation sites (tertiary alicyclic amines) is 1. The molecule has 1 amide bonds. The molecule has 3 rings (SSSR count). The highest BCUT2D eigenvalue weighted by atomic mass is 16.5. The second-order valence-electron chi connectivity index (χ2n) is 6.04. The molecule has 1 saturated carbocycles. The Kier molecular flexibility index (Phi) is 4.15. The van der Waals surface area contributed by atoms with E-state index in [2.05, 4.69) is 11.0 Å². The van der Waals surface area contributed by atoms with E-state index in [-0.39, 0.29) is 18.0 Å². The SMILES string of the molecule is CCOc1cccc(C2C(N)CCCC(=O)N2C2CC2)c1. The summed E-state index contributed by atoms with van der Waals surface area (Å²) in [4.78, 5) is 14.5. The lowest BCUT2D eigenvalue weighted by Crippen LogP contribution is -2.43. The number of carbonyl (C=O) groups excluding carboxylic acids is 1. The molecule has 2 N–H and O–H groups in total. The Labute approximate surface area is 126 Å². The van der Waals surface area contributed by atoms with Gasteiger partial charge in [0.25, 0.3) is 0 Å². The third-order valence-corrected chi connectivity index (χ3v) is 4.37. The molecule has 0 radical (unpaired) electrons. The first-order valence-corrected chi connectivity index (χ1v) is 8.00. The summed E-state index contributed by atoms with van der Waals surface area (Å²) in [6.45, 7) is 2.62. The summed E-state index contributed by atoms with van der Waals surface area (Å²) in [5.41, 5.74) is 7.53. The van der Waals surface area contributed by atoms with Crippen molar-refractivity contribution in [1.29, 1.82) is 0 Å². The fraction of sp³-hybridized carbons (Fsp3) is 0.588. The fourth-order valence-electron chi connectivity index (χ4n) is 3.28. The third-order valence-electron chi connectivity index (χ3n) is 4.37. The predicted octanol–water partition coefficient (Wildman–Crippen LogP) is 2.63. The number of nitrogens with zero attached hydrogens (tertiary/aromatic N) is 1. The zero-order chi connectivity index (χ0) is 14.8. The summed E-state index contributed by atoms with van der Waals surface area (Å²) in [5, 5.41) is 0. The Morgan fingerprint density at radius 3 is 2.86 bits per heavy atom. The van der Waals surface area contributed by atoms with Gasteiger partial charge in [-0.25, -0.2) is 0 Å². The molecule has 2 fully saturated rings. The van der Waals surface area contributed by atoms with Crippen LogP contribution in [0.25, 0.3) is 0 Å². The van der Waals surface area contributed by atoms with E-state index in [1.165, 1.54) is 0 Å². The quantitative estimate of drug-likeness (QED) is 0.926. The highest BCUT2D eigenvalue weighted by Gasteiger charge is 2.41. The molecule has 4 heteroatoms. The lowest BCUT2D eigenvalue weighted by Gasteiger charge is -2.34. The van der Waals surface area contributed by atoms with E-state index in [4.69, 9.17) is 10.5 Å². The first-order valence-electron chi connectivity index (χ1n) is 8.00. The van der Waals surface area contributed by atoms with Crippen molar-refractivity contribution in [2.45, 2.75) is 57.2 Å². The van der Waals surface area contributed by atoms with E-state index in [1.54, 1.807) is 0 Å². The van der Waals surface area contributed by atoms with Gasteiger partial charge in [0.1, 0.15) is 5.75 Å². The van der Waals surface area contributed by atoms with Crippen LogP contribution in [0.5, 0.6) is 5.75 Å². The van der Waals surface area contributed by atoms with Crippen LogP contribution >= 0.6 is 0 Å². The third kappa shape index (κ3) is 3.05. The number of hydrogen-bond donors (Lipinski definition) is 1. The zero-order valence-electron chi connectivity index (χ0n) is 12.6. The van der Waals surface area contributed by atoms with Crippen molar-refractivity contribution in [3.8, 4) is 5.75 Å². The molecule has 1 aromatic carbocycles. The Morgan fingerprint density at radius 1 is 1.33 bits per heavy atom. The fourth-order valence-corrected chi connectivity index (χ4v) is 3.28. The number of carbonyl (C=O) groups is 1. The van der Waals surface area contributed by atoms with Crippen molar-refractivity contribution in [1.82, 2.24) is 4.90 Å². The molecule has 1 saturated heterocycles. The van der Waals surface area contributed by atoms with Gasteiger partial charge >= 0.3 is 0 Å². The lowest BCUT2D eigenvalue weighted by atomic mass is 9.96. The minimum Gasteiger partial charge on any atom is -0.494 e. The highest BCUT2D eigenvalue weighted by Crippen LogP contribution is 2.39. The van der Waals surface area contributed by atoms with Gasteiger partial charge in [0.05, 0.1) is 12.6 Å². The summed E-state index contributed by atoms with van der Waals surface area (Å²) in [6.07, 6.45) is 4.65. The van der Waals surface area contributed by atoms with E-state index in [0.29, 0.717) is 19.1 Å². The standard InChI is InChI=1S/C17H24N2O2/c1-2-21-14-6-3-5-12(11-14)17-15(18)7-4-8-16(20)19(17)13-9-10-13/h3,5-6,11,13,15,17H,2,4,7-10,18H2,1H3. The van der Waals surface area contributed by atoms with Gasteiger partial charge in [-0.3, -0.25) is 4.79 Å². The van der Waals surface area contributed by atoms with Crippen LogP contribution in [0, 0.1) is 0 Å². The maximum absolute atomic E-state index is 12.5. The van der Waals surface area contributed by atoms with Gasteiger partial charge in [0, 0.05) is 18.5 Å². The van der Waals surface area contributed by atoms with Crippen molar-refractivity contribution in [2.75, 3.05) is 6.61 Å². The molecule has 2 atom stereocenters. The number of hydrogen-bond acceptors (Lipinski definition) is 3. The molecular weight excluding hydrogens is 264 g/mol. The van der Waals surface area contributed by atoms with Crippen molar-refractivity contribution < 1.29 is 9.53 Å². The first kappa shape index (κ1) is 14.4. The van der Waals surface area contributed by atoms with Crippen LogP contribution in [0.15, 0.2) is 24.3 Å². The van der Waals surface area contributed by atoms with Gasteiger partial charge < -0.3 is 15.4 Å². The summed E-state index contributed by atoms with van der Waals surface area (Å²) < 4.78 is 5.60. The monoisotopic (exact) mass is 288 g/mol. The Bertz CT molecular complexity index is 513. The largest absolute Gasteiger partial charge is 0.494 e. The van der Waals surface area contributed by atoms with Crippen LogP contribution in [0.1, 0.15) is 50.6 Å². The highest BCUT2D eigenvalue weighted by molar-refractivity contribution is 5.78. The molecule has 4 nitrogen and oxygen atoms in total. The molecule has 0 aromatic heterocycles. The molecule has 0 spiro atoms. The molecule has 1 aliphatic heterocycles. The van der Waals surface area contributed by atoms with Crippen molar-refractivity contribution >= 4 is 5.91 Å². The Hall–Kier alpha value is -1.55. The number of amides is 1. The summed E-state index contributed by atoms with van der Waals surface area (Å²) in [6, 6.07) is 8.46. The van der Waals surface area contributed by atoms with Gasteiger partial charge in [-0.15, -0.1) is 0 Å². The van der Waals surface area contributed by atoms with E-state index in [9.17, 15) is 4.79 Å². The topological polar surface area (TPSA) is 55.6 Å². The van der Waals surface area contributed by atoms with Crippen LogP contribution in [-0.4, -0.2) is 29.5 Å². The van der Waals surface area contributed by atoms with E-state index in [0.717, 1.165) is 37.0 Å². The van der Waals surface area contributed by atoms with Gasteiger partial charge in [-0.05, 0) is 50.3 Å². The molecule has 21 heavy (non-hydrogen) atoms. The number of benzene rings is 1. The molecule has 0 bridgehead atoms. The van der Waals surface area contributed by atoms with Crippen LogP contribution in [-0.2, 0) is 4.79 Å². The Balaban J connectivity index is 1.94. The molecule has 1 heterocycles. The first-order chi connectivity index (χ1) is 10.2. The van der Waals surface area contributed by atoms with Gasteiger partial charge in [0.15, 0.2) is 0 Å². The van der Waals surface area contributed by atoms with Crippen molar-refractivity contribution in [2.24, 2.45) is 5.73 Å². The second-order valence-corrected chi connectivity index (χ2v) is 6.04. The second kappa shape index (κ2) is 6.06. The normalized spacial score (nSPS) is 26.6. The summed E-state index contributed by atoms with van der Waals surface area (Å²) >= 11 is 0.